The van der Waals surface area contributed by atoms with Crippen molar-refractivity contribution in [1.82, 2.24) is 0 Å². The molecular weight excluding hydrogens is 87.1 g/mol. The summed E-state index contributed by atoms with van der Waals surface area (Å²) in [5, 5.41) is 0. The molecule has 2 nitrogen and oxygen atoms in total. The van der Waals surface area contributed by atoms with Crippen molar-refractivity contribution in [3.63, 3.8) is 0 Å². The average molecular weight is 88.1 g/mol. The van der Waals surface area contributed by atoms with Crippen molar-refractivity contribution in [3.05, 3.63) is 0 Å². The summed E-state index contributed by atoms with van der Waals surface area (Å²) in [6.45, 7) is 0. The number of thiol groups is 1. The summed E-state index contributed by atoms with van der Waals surface area (Å²) in [5.41, 5.74) is 0. The molecule has 0 fully saturated rings. The van der Waals surface area contributed by atoms with Gasteiger partial charge < -0.3 is 4.55 Å². The molecule has 4 heteroatoms. The monoisotopic (exact) mass is 88.0 g/mol. The van der Waals surface area contributed by atoms with Crippen molar-refractivity contribution in [3.8, 4) is 0 Å². The summed E-state index contributed by atoms with van der Waals surface area (Å²) < 4.78 is 16.7. The van der Waals surface area contributed by atoms with E-state index in [-0.39, 0.29) is 29.6 Å². The summed E-state index contributed by atoms with van der Waals surface area (Å²) in [7, 11) is 0. The van der Waals surface area contributed by atoms with Crippen molar-refractivity contribution in [2.75, 3.05) is 0 Å². The molecule has 0 spiro atoms. The molecule has 20 valence electrons. The Hall–Kier alpha value is 1.11. The topological polar surface area (TPSA) is 40.1 Å². The minimum atomic E-state index is -1.08. The first-order valence-electron chi connectivity index (χ1n) is 0.365. The molecule has 0 amide bonds. The van der Waals surface area contributed by atoms with Crippen LogP contribution in [0, 0.1) is 0 Å². The second-order valence-electron chi connectivity index (χ2n) is 0.0745. The second kappa shape index (κ2) is 8.93. The van der Waals surface area contributed by atoms with E-state index in [4.69, 9.17) is 8.76 Å². The van der Waals surface area contributed by atoms with E-state index >= 15 is 0 Å². The first-order valence-corrected chi connectivity index (χ1v) is 1.10. The molecule has 0 saturated heterocycles. The summed E-state index contributed by atoms with van der Waals surface area (Å²) in [6, 6.07) is 0. The van der Waals surface area contributed by atoms with Crippen molar-refractivity contribution in [1.29, 1.82) is 0 Å². The van der Waals surface area contributed by atoms with Crippen LogP contribution in [-0.4, -0.2) is 8.76 Å². The van der Waals surface area contributed by atoms with Gasteiger partial charge in [-0.15, -0.1) is 0 Å². The predicted molar refractivity (Wildman–Crippen MR) is 10.3 cm³/mol. The smallest absolute Gasteiger partial charge is 0.775 e. The standard InChI is InChI=1S/Na.H2O2S/c;1-3-2/h;3H,(H,1,2)/q+1;/p-1. The van der Waals surface area contributed by atoms with Crippen LogP contribution in [0.5, 0.6) is 0 Å². The molecule has 0 radical (unpaired) electrons. The zero-order valence-corrected chi connectivity index (χ0v) is 5.16. The molecule has 0 bridgehead atoms. The summed E-state index contributed by atoms with van der Waals surface area (Å²) in [5.74, 6) is 0. The Morgan fingerprint density at radius 1 is 1.75 bits per heavy atom. The molecular formula is HNaO2S. The van der Waals surface area contributed by atoms with Crippen LogP contribution in [-0.2, 0) is 11.9 Å². The molecule has 0 aliphatic rings. The Bertz CT molecular complexity index is 13.5. The largest absolute Gasteiger partial charge is 1.00 e. The molecule has 0 aromatic carbocycles. The number of rotatable bonds is 0. The maximum Gasteiger partial charge on any atom is 1.00 e. The Morgan fingerprint density at radius 3 is 1.75 bits per heavy atom. The van der Waals surface area contributed by atoms with E-state index in [2.05, 4.69) is 0 Å². The fraction of sp³-hybridized carbons (Fsp3) is 0. The third-order valence-corrected chi connectivity index (χ3v) is 0. The molecule has 0 heterocycles. The zero-order valence-electron chi connectivity index (χ0n) is 2.26. The van der Waals surface area contributed by atoms with Crippen molar-refractivity contribution in [2.45, 2.75) is 0 Å². The van der Waals surface area contributed by atoms with Gasteiger partial charge in [-0.25, -0.2) is 0 Å². The van der Waals surface area contributed by atoms with Gasteiger partial charge in [-0.1, -0.05) is 11.9 Å². The molecule has 0 aliphatic heterocycles. The van der Waals surface area contributed by atoms with Crippen LogP contribution in [0.25, 0.3) is 0 Å². The van der Waals surface area contributed by atoms with E-state index < -0.39 is 11.9 Å². The Morgan fingerprint density at radius 2 is 1.75 bits per heavy atom. The summed E-state index contributed by atoms with van der Waals surface area (Å²) in [6.07, 6.45) is 0. The van der Waals surface area contributed by atoms with Gasteiger partial charge in [-0.05, 0) is 0 Å². The van der Waals surface area contributed by atoms with Gasteiger partial charge in [0.15, 0.2) is 0 Å². The van der Waals surface area contributed by atoms with Crippen LogP contribution in [0.1, 0.15) is 0 Å². The minimum absolute atomic E-state index is 0. The van der Waals surface area contributed by atoms with Gasteiger partial charge in [0, 0.05) is 0 Å². The van der Waals surface area contributed by atoms with Gasteiger partial charge in [0.2, 0.25) is 0 Å². The third-order valence-electron chi connectivity index (χ3n) is 0. The molecule has 0 aromatic heterocycles. The molecule has 0 aromatic rings. The zero-order chi connectivity index (χ0) is 2.71. The fourth-order valence-electron chi connectivity index (χ4n) is 0. The SMILES string of the molecule is O=[SH][O-].[Na+]. The Kier molecular flexibility index (Phi) is 19.9. The van der Waals surface area contributed by atoms with Gasteiger partial charge >= 0.3 is 29.6 Å². The first kappa shape index (κ1) is 8.92. The second-order valence-corrected chi connectivity index (χ2v) is 0.224. The van der Waals surface area contributed by atoms with Crippen LogP contribution < -0.4 is 29.6 Å². The van der Waals surface area contributed by atoms with Crippen molar-refractivity contribution < 1.29 is 38.3 Å². The van der Waals surface area contributed by atoms with Gasteiger partial charge in [0.1, 0.15) is 0 Å². The van der Waals surface area contributed by atoms with Gasteiger partial charge in [-0.3, -0.25) is 4.21 Å². The van der Waals surface area contributed by atoms with E-state index in [1.54, 1.807) is 0 Å². The quantitative estimate of drug-likeness (QED) is 0.186. The molecule has 0 atom stereocenters. The van der Waals surface area contributed by atoms with E-state index in [9.17, 15) is 0 Å². The van der Waals surface area contributed by atoms with Gasteiger partial charge in [0.05, 0.1) is 0 Å². The molecule has 0 N–H and O–H groups in total. The van der Waals surface area contributed by atoms with E-state index in [0.717, 1.165) is 0 Å². The van der Waals surface area contributed by atoms with Crippen LogP contribution in [0.4, 0.5) is 0 Å². The Balaban J connectivity index is 0. The third kappa shape index (κ3) is 11.2. The molecule has 0 saturated carbocycles. The predicted octanol–water partition coefficient (Wildman–Crippen LogP) is -3.93. The average Bonchev–Trinajstić information content (AvgIpc) is 0.918. The molecule has 0 aliphatic carbocycles. The van der Waals surface area contributed by atoms with Crippen molar-refractivity contribution >= 4 is 11.9 Å². The van der Waals surface area contributed by atoms with E-state index in [1.807, 2.05) is 0 Å². The number of hydrogen-bond acceptors (Lipinski definition) is 2. The van der Waals surface area contributed by atoms with Gasteiger partial charge in [0.25, 0.3) is 0 Å². The maximum atomic E-state index is 8.35. The maximum absolute atomic E-state index is 8.35. The minimum Gasteiger partial charge on any atom is -0.775 e. The van der Waals surface area contributed by atoms with E-state index in [0.29, 0.717) is 0 Å². The van der Waals surface area contributed by atoms with Crippen LogP contribution in [0.15, 0.2) is 0 Å². The van der Waals surface area contributed by atoms with Crippen LogP contribution in [0.2, 0.25) is 0 Å². The summed E-state index contributed by atoms with van der Waals surface area (Å²) >= 11 is -1.08. The molecule has 0 unspecified atom stereocenters. The normalized spacial score (nSPS) is 4.25. The fourth-order valence-corrected chi connectivity index (χ4v) is 0. The number of hydrogen-bond donors (Lipinski definition) is 1. The van der Waals surface area contributed by atoms with Crippen molar-refractivity contribution in [2.24, 2.45) is 0 Å². The van der Waals surface area contributed by atoms with Crippen LogP contribution in [0.3, 0.4) is 0 Å². The molecule has 4 heavy (non-hydrogen) atoms. The Labute approximate surface area is 50.2 Å². The van der Waals surface area contributed by atoms with Gasteiger partial charge in [-0.2, -0.15) is 0 Å². The summed E-state index contributed by atoms with van der Waals surface area (Å²) in [4.78, 5) is 0. The van der Waals surface area contributed by atoms with E-state index in [1.165, 1.54) is 0 Å². The molecule has 0 rings (SSSR count). The first-order chi connectivity index (χ1) is 1.41. The van der Waals surface area contributed by atoms with Crippen LogP contribution >= 0.6 is 0 Å².